The van der Waals surface area contributed by atoms with Crippen LogP contribution in [-0.2, 0) is 0 Å². The van der Waals surface area contributed by atoms with Crippen molar-refractivity contribution in [2.75, 3.05) is 0 Å². The Morgan fingerprint density at radius 1 is 0.258 bits per heavy atom. The molecule has 4 aromatic heterocycles. The monoisotopic (exact) mass is 794 g/mol. The second-order valence-electron chi connectivity index (χ2n) is 15.2. The van der Waals surface area contributed by atoms with E-state index in [4.69, 9.17) is 29.9 Å². The van der Waals surface area contributed by atoms with E-state index in [2.05, 4.69) is 118 Å². The van der Waals surface area contributed by atoms with Gasteiger partial charge >= 0.3 is 0 Å². The first-order valence-electron chi connectivity index (χ1n) is 20.6. The molecule has 8 heteroatoms. The van der Waals surface area contributed by atoms with Crippen LogP contribution in [0.2, 0.25) is 0 Å². The van der Waals surface area contributed by atoms with Gasteiger partial charge < -0.3 is 0 Å². The molecule has 290 valence electrons. The maximum absolute atomic E-state index is 5.30. The van der Waals surface area contributed by atoms with Crippen molar-refractivity contribution in [3.8, 4) is 68.6 Å². The molecular formula is C54H34N8. The molecule has 0 unspecified atom stereocenters. The molecule has 0 N–H and O–H groups in total. The second kappa shape index (κ2) is 14.6. The molecule has 8 aromatic carbocycles. The SMILES string of the molecule is c1ccc(-c2cccc(-c3nc(-c4ccccc4)nc(-n4c5ccccc5c5c4ccc4c6ccccc6n(-c6nc(-c7ccccc7)nc(-c7ccccc7)n6)c45)n3)c2)cc1. The molecule has 0 aliphatic heterocycles. The van der Waals surface area contributed by atoms with Crippen LogP contribution in [0.4, 0.5) is 0 Å². The molecule has 0 radical (unpaired) electrons. The molecule has 8 nitrogen and oxygen atoms in total. The Kier molecular flexibility index (Phi) is 8.31. The van der Waals surface area contributed by atoms with Gasteiger partial charge in [-0.2, -0.15) is 19.9 Å². The Morgan fingerprint density at radius 2 is 0.677 bits per heavy atom. The highest BCUT2D eigenvalue weighted by molar-refractivity contribution is 6.26. The van der Waals surface area contributed by atoms with Crippen LogP contribution in [0.25, 0.3) is 112 Å². The number of rotatable bonds is 7. The molecule has 0 aliphatic carbocycles. The fourth-order valence-corrected chi connectivity index (χ4v) is 8.61. The van der Waals surface area contributed by atoms with Crippen LogP contribution in [0.1, 0.15) is 0 Å². The lowest BCUT2D eigenvalue weighted by Gasteiger charge is -2.12. The second-order valence-corrected chi connectivity index (χ2v) is 15.2. The zero-order chi connectivity index (χ0) is 41.0. The van der Waals surface area contributed by atoms with Gasteiger partial charge in [-0.25, -0.2) is 9.97 Å². The minimum atomic E-state index is 0.519. The lowest BCUT2D eigenvalue weighted by molar-refractivity contribution is 0.951. The first kappa shape index (κ1) is 35.3. The lowest BCUT2D eigenvalue weighted by Crippen LogP contribution is -2.07. The maximum atomic E-state index is 5.30. The van der Waals surface area contributed by atoms with Crippen LogP contribution in [0.15, 0.2) is 206 Å². The van der Waals surface area contributed by atoms with Crippen molar-refractivity contribution in [1.29, 1.82) is 0 Å². The average Bonchev–Trinajstić information content (AvgIpc) is 3.88. The van der Waals surface area contributed by atoms with Gasteiger partial charge in [0.2, 0.25) is 11.9 Å². The lowest BCUT2D eigenvalue weighted by atomic mass is 10.0. The van der Waals surface area contributed by atoms with E-state index in [1.807, 2.05) is 97.1 Å². The van der Waals surface area contributed by atoms with Crippen molar-refractivity contribution in [1.82, 2.24) is 39.0 Å². The quantitative estimate of drug-likeness (QED) is 0.160. The van der Waals surface area contributed by atoms with E-state index in [0.717, 1.165) is 77.0 Å². The summed E-state index contributed by atoms with van der Waals surface area (Å²) in [6.45, 7) is 0. The van der Waals surface area contributed by atoms with E-state index in [0.29, 0.717) is 35.2 Å². The maximum Gasteiger partial charge on any atom is 0.238 e. The largest absolute Gasteiger partial charge is 0.278 e. The first-order chi connectivity index (χ1) is 30.7. The molecule has 0 saturated carbocycles. The zero-order valence-electron chi connectivity index (χ0n) is 33.2. The van der Waals surface area contributed by atoms with Crippen LogP contribution in [0.5, 0.6) is 0 Å². The molecule has 0 amide bonds. The molecule has 12 rings (SSSR count). The van der Waals surface area contributed by atoms with E-state index in [9.17, 15) is 0 Å². The Balaban J connectivity index is 1.16. The Hall–Kier alpha value is -8.62. The van der Waals surface area contributed by atoms with Gasteiger partial charge in [-0.3, -0.25) is 9.13 Å². The minimum Gasteiger partial charge on any atom is -0.278 e. The van der Waals surface area contributed by atoms with Gasteiger partial charge in [-0.15, -0.1) is 0 Å². The van der Waals surface area contributed by atoms with Crippen molar-refractivity contribution < 1.29 is 0 Å². The summed E-state index contributed by atoms with van der Waals surface area (Å²) < 4.78 is 4.37. The standard InChI is InChI=1S/C54H34N8/c1-5-18-35(19-6-1)39-26-17-27-40(34-39)52-56-51(38-24-11-4-12-25-38)57-53(60-52)61-45-31-16-14-29-43(45)47-46(61)33-32-42-41-28-13-15-30-44(41)62(48(42)47)54-58-49(36-20-7-2-8-21-36)55-50(59-54)37-22-9-3-10-23-37/h1-34H. The van der Waals surface area contributed by atoms with Gasteiger partial charge in [0, 0.05) is 43.8 Å². The number of nitrogens with zero attached hydrogens (tertiary/aromatic N) is 8. The van der Waals surface area contributed by atoms with Gasteiger partial charge in [-0.05, 0) is 35.4 Å². The van der Waals surface area contributed by atoms with Crippen molar-refractivity contribution >= 4 is 43.6 Å². The summed E-state index contributed by atoms with van der Waals surface area (Å²) in [6, 6.07) is 70.4. The fourth-order valence-electron chi connectivity index (χ4n) is 8.61. The number of fused-ring (bicyclic) bond motifs is 7. The van der Waals surface area contributed by atoms with E-state index >= 15 is 0 Å². The van der Waals surface area contributed by atoms with E-state index < -0.39 is 0 Å². The van der Waals surface area contributed by atoms with Crippen LogP contribution >= 0.6 is 0 Å². The number of para-hydroxylation sites is 2. The van der Waals surface area contributed by atoms with Crippen LogP contribution in [-0.4, -0.2) is 39.0 Å². The Morgan fingerprint density at radius 3 is 1.24 bits per heavy atom. The number of hydrogen-bond donors (Lipinski definition) is 0. The summed E-state index contributed by atoms with van der Waals surface area (Å²) in [7, 11) is 0. The van der Waals surface area contributed by atoms with Crippen molar-refractivity contribution in [3.63, 3.8) is 0 Å². The van der Waals surface area contributed by atoms with E-state index in [1.54, 1.807) is 0 Å². The van der Waals surface area contributed by atoms with E-state index in [1.165, 1.54) is 0 Å². The molecule has 0 aliphatic rings. The third kappa shape index (κ3) is 5.92. The van der Waals surface area contributed by atoms with Crippen molar-refractivity contribution in [3.05, 3.63) is 206 Å². The molecule has 0 fully saturated rings. The average molecular weight is 795 g/mol. The predicted octanol–water partition coefficient (Wildman–Crippen LogP) is 12.6. The predicted molar refractivity (Wildman–Crippen MR) is 249 cm³/mol. The molecular weight excluding hydrogens is 761 g/mol. The normalized spacial score (nSPS) is 11.5. The van der Waals surface area contributed by atoms with Gasteiger partial charge in [0.1, 0.15) is 0 Å². The van der Waals surface area contributed by atoms with Crippen LogP contribution in [0.3, 0.4) is 0 Å². The highest BCUT2D eigenvalue weighted by Crippen LogP contribution is 2.42. The number of aromatic nitrogens is 8. The third-order valence-electron chi connectivity index (χ3n) is 11.4. The summed E-state index contributed by atoms with van der Waals surface area (Å²) in [5, 5.41) is 4.26. The van der Waals surface area contributed by atoms with E-state index in [-0.39, 0.29) is 0 Å². The molecule has 0 atom stereocenters. The van der Waals surface area contributed by atoms with Crippen LogP contribution < -0.4 is 0 Å². The summed E-state index contributed by atoms with van der Waals surface area (Å²) in [5.41, 5.74) is 9.70. The first-order valence-corrected chi connectivity index (χ1v) is 20.6. The fraction of sp³-hybridized carbons (Fsp3) is 0. The number of hydrogen-bond acceptors (Lipinski definition) is 6. The Bertz CT molecular complexity index is 3560. The van der Waals surface area contributed by atoms with Gasteiger partial charge in [0.25, 0.3) is 0 Å². The van der Waals surface area contributed by atoms with Gasteiger partial charge in [0.15, 0.2) is 23.3 Å². The molecule has 0 bridgehead atoms. The topological polar surface area (TPSA) is 87.2 Å². The molecule has 4 heterocycles. The summed E-state index contributed by atoms with van der Waals surface area (Å²) >= 11 is 0. The summed E-state index contributed by atoms with van der Waals surface area (Å²) in [5.74, 6) is 3.41. The summed E-state index contributed by atoms with van der Waals surface area (Å²) in [6.07, 6.45) is 0. The third-order valence-corrected chi connectivity index (χ3v) is 11.4. The smallest absolute Gasteiger partial charge is 0.238 e. The van der Waals surface area contributed by atoms with Crippen molar-refractivity contribution in [2.24, 2.45) is 0 Å². The van der Waals surface area contributed by atoms with Gasteiger partial charge in [0.05, 0.1) is 22.1 Å². The number of benzene rings is 8. The highest BCUT2D eigenvalue weighted by atomic mass is 15.2. The van der Waals surface area contributed by atoms with Gasteiger partial charge in [-0.1, -0.05) is 182 Å². The molecule has 12 aromatic rings. The molecule has 0 saturated heterocycles. The Labute approximate surface area is 356 Å². The highest BCUT2D eigenvalue weighted by Gasteiger charge is 2.24. The van der Waals surface area contributed by atoms with Crippen molar-refractivity contribution in [2.45, 2.75) is 0 Å². The summed E-state index contributed by atoms with van der Waals surface area (Å²) in [4.78, 5) is 31.2. The minimum absolute atomic E-state index is 0.519. The molecule has 62 heavy (non-hydrogen) atoms. The van der Waals surface area contributed by atoms with Crippen LogP contribution in [0, 0.1) is 0 Å². The zero-order valence-corrected chi connectivity index (χ0v) is 33.2. The molecule has 0 spiro atoms.